The normalized spacial score (nSPS) is 20.8. The van der Waals surface area contributed by atoms with Crippen LogP contribution in [-0.2, 0) is 109 Å². The lowest BCUT2D eigenvalue weighted by molar-refractivity contribution is -0.143. The molecule has 2 aromatic heterocycles. The van der Waals surface area contributed by atoms with Crippen LogP contribution in [-0.4, -0.2) is 305 Å². The van der Waals surface area contributed by atoms with Crippen molar-refractivity contribution in [1.82, 2.24) is 94.3 Å². The smallest absolute Gasteiger partial charge is 0.326 e. The quantitative estimate of drug-likeness (QED) is 0.0147. The van der Waals surface area contributed by atoms with Gasteiger partial charge in [-0.05, 0) is 112 Å². The summed E-state index contributed by atoms with van der Waals surface area (Å²) in [6.07, 6.45) is 2.89. The highest BCUT2D eigenvalue weighted by Gasteiger charge is 2.41. The molecular formula is C84H130N20O26S3. The van der Waals surface area contributed by atoms with Crippen molar-refractivity contribution in [3.05, 3.63) is 54.2 Å². The van der Waals surface area contributed by atoms with Gasteiger partial charge in [0.1, 0.15) is 84.6 Å². The Morgan fingerprint density at radius 2 is 1.07 bits per heavy atom. The maximum atomic E-state index is 14.5. The first kappa shape index (κ1) is 114. The van der Waals surface area contributed by atoms with Crippen molar-refractivity contribution in [2.45, 2.75) is 262 Å². The van der Waals surface area contributed by atoms with Gasteiger partial charge < -0.3 is 127 Å². The summed E-state index contributed by atoms with van der Waals surface area (Å²) in [5.41, 5.74) is 13.2. The number of fused-ring (bicyclic) bond motifs is 1. The van der Waals surface area contributed by atoms with Crippen molar-refractivity contribution >= 4 is 163 Å². The van der Waals surface area contributed by atoms with Crippen LogP contribution in [0.4, 0.5) is 0 Å². The molecule has 5 unspecified atom stereocenters. The number of nitrogens with one attached hydrogen (secondary N) is 16. The zero-order chi connectivity index (χ0) is 99.3. The molecule has 1 fully saturated rings. The number of hydrogen-bond donors (Lipinski definition) is 24. The molecule has 1 aliphatic rings. The molecule has 1 aliphatic heterocycles. The molecule has 1 aromatic carbocycles. The van der Waals surface area contributed by atoms with Crippen LogP contribution in [0.5, 0.6) is 0 Å². The van der Waals surface area contributed by atoms with E-state index < -0.39 is 254 Å². The Balaban J connectivity index is 1.58. The van der Waals surface area contributed by atoms with Gasteiger partial charge in [-0.3, -0.25) is 95.7 Å². The summed E-state index contributed by atoms with van der Waals surface area (Å²) in [5, 5.41) is 98.7. The van der Waals surface area contributed by atoms with Crippen LogP contribution < -0.4 is 91.2 Å². The SMILES string of the molecule is CC[C@H](C)[C@H](NC(=O)[C@H](CC(=O)O)NC(=O)[C@H](CC(C)C)NC(=O)[C@H](Cc1c[nH]cn1)NC(=O)CCCCCNC(=O)C1CSSC[C@H](N)C(=O)N[C@@H](CO)C(=O)NC(CO)C(=O)NC(CC(C)C)C(=O)N[C@@H](CCSC)C(=O)NC(CC(=O)O)C(=O)N[C@@H](CCCCN)C(=O)NC(CCC(=O)O)C(=O)N1)C(=O)N[C@H](C(=O)N[C@@H](Cc1cn(C=O)c2ccccc12)C(=O)O)[C@@H](C)CC. The number of para-hydroxylation sites is 1. The molecule has 4 rings (SSSR count). The molecule has 49 heteroatoms. The van der Waals surface area contributed by atoms with Crippen molar-refractivity contribution < 1.29 is 127 Å². The number of aliphatic carboxylic acids is 4. The fraction of sp³-hybridized carbons (Fsp3) is 0.631. The first-order valence-electron chi connectivity index (χ1n) is 43.9. The number of unbranched alkanes of at least 4 members (excludes halogenated alkanes) is 3. The predicted molar refractivity (Wildman–Crippen MR) is 488 cm³/mol. The van der Waals surface area contributed by atoms with Crippen LogP contribution in [0, 0.1) is 23.7 Å². The second-order valence-electron chi connectivity index (χ2n) is 33.1. The van der Waals surface area contributed by atoms with Gasteiger partial charge in [0.05, 0.1) is 49.6 Å². The Bertz CT molecular complexity index is 4450. The fourth-order valence-electron chi connectivity index (χ4n) is 13.7. The van der Waals surface area contributed by atoms with Gasteiger partial charge in [0.25, 0.3) is 0 Å². The van der Waals surface area contributed by atoms with Gasteiger partial charge in [-0.25, -0.2) is 9.78 Å². The summed E-state index contributed by atoms with van der Waals surface area (Å²) in [7, 11) is 1.75. The van der Waals surface area contributed by atoms with E-state index in [1.165, 1.54) is 35.0 Å². The molecule has 0 aliphatic carbocycles. The number of amides is 15. The average molecular weight is 1930 g/mol. The van der Waals surface area contributed by atoms with Crippen molar-refractivity contribution in [1.29, 1.82) is 0 Å². The number of carbonyl (C=O) groups excluding carboxylic acids is 16. The highest BCUT2D eigenvalue weighted by atomic mass is 33.1. The number of H-pyrrole nitrogens is 1. The van der Waals surface area contributed by atoms with Crippen LogP contribution in [0.25, 0.3) is 10.9 Å². The highest BCUT2D eigenvalue weighted by molar-refractivity contribution is 8.76. The first-order chi connectivity index (χ1) is 63.0. The lowest BCUT2D eigenvalue weighted by Gasteiger charge is -2.30. The van der Waals surface area contributed by atoms with Crippen LogP contribution >= 0.6 is 33.3 Å². The Hall–Kier alpha value is -11.5. The molecule has 26 N–H and O–H groups in total. The molecule has 1 saturated heterocycles. The molecule has 0 saturated carbocycles. The lowest BCUT2D eigenvalue weighted by atomic mass is 9.94. The lowest BCUT2D eigenvalue weighted by Crippen LogP contribution is -2.61. The van der Waals surface area contributed by atoms with E-state index in [2.05, 4.69) is 89.7 Å². The molecule has 740 valence electrons. The standard InChI is InChI=1S/C84H130N20O26S3/c1-10-45(7)68(82(127)98-59(84(129)130)31-47-36-104(42-107)63-21-15-14-19-49(47)63)103-83(128)69(46(8)11-2)102-79(124)58(34-67(113)114)97-76(121)55(30-44(5)6)94-77(122)56(32-48-35-87-41-89-48)90-64(108)22-13-12-18-27-88-71(116)62-40-133-132-39-50(86)70(115)99-60(37-105)81(126)100-61(38-106)80(125)95-54(29-43(3)4)75(120)93-53(25-28-131-9)74(119)96-57(33-66(111)112)78(123)91-51(20-16-17-26-85)72(117)92-52(73(118)101-62)23-24-65(109)110/h14-15,19,21,35-36,41-46,50-62,68-69,105-106H,10-13,16-18,20,22-34,37-40,85-86H2,1-9H3,(H,87,89)(H,88,116)(H,90,108)(H,91,123)(H,92,117)(H,93,120)(H,94,122)(H,95,125)(H,96,119)(H,97,121)(H,98,127)(H,99,115)(H,100,126)(H,101,118)(H,102,124)(H,103,128)(H,109,110)(H,111,112)(H,113,114)(H,129,130)/t45-,46-,50-,51-,52?,53-,54?,55-,56-,57?,58-,59-,60-,61?,62?,68-,69-/m0/s1. The van der Waals surface area contributed by atoms with Crippen LogP contribution in [0.2, 0.25) is 0 Å². The number of aromatic amines is 1. The van der Waals surface area contributed by atoms with E-state index in [4.69, 9.17) is 11.5 Å². The number of aromatic nitrogens is 3. The topological polar surface area (TPSA) is 729 Å². The number of carboxylic acids is 4. The number of rotatable bonds is 48. The van der Waals surface area contributed by atoms with Crippen molar-refractivity contribution in [2.75, 3.05) is 49.8 Å². The second-order valence-corrected chi connectivity index (χ2v) is 36.7. The van der Waals surface area contributed by atoms with E-state index in [-0.39, 0.29) is 138 Å². The first-order valence-corrected chi connectivity index (χ1v) is 47.7. The van der Waals surface area contributed by atoms with E-state index in [1.807, 2.05) is 0 Å². The highest BCUT2D eigenvalue weighted by Crippen LogP contribution is 2.25. The summed E-state index contributed by atoms with van der Waals surface area (Å²) in [5.74, 6) is -23.9. The number of hydrogen-bond acceptors (Lipinski definition) is 28. The van der Waals surface area contributed by atoms with Crippen LogP contribution in [0.3, 0.4) is 0 Å². The van der Waals surface area contributed by atoms with Gasteiger partial charge in [0.2, 0.25) is 95.0 Å². The number of carboxylic acid groups (broad SMARTS) is 4. The third-order valence-electron chi connectivity index (χ3n) is 21.5. The van der Waals surface area contributed by atoms with E-state index in [1.54, 1.807) is 85.9 Å². The zero-order valence-corrected chi connectivity index (χ0v) is 78.3. The number of thioether (sulfide) groups is 1. The number of aliphatic hydroxyl groups is 2. The van der Waals surface area contributed by atoms with Gasteiger partial charge in [0, 0.05) is 61.5 Å². The minimum absolute atomic E-state index is 0.0863. The van der Waals surface area contributed by atoms with E-state index in [0.717, 1.165) is 21.6 Å². The number of nitrogens with zero attached hydrogens (tertiary/aromatic N) is 2. The Labute approximate surface area is 780 Å². The maximum absolute atomic E-state index is 14.5. The monoisotopic (exact) mass is 1930 g/mol. The molecule has 3 aromatic rings. The molecule has 0 spiro atoms. The largest absolute Gasteiger partial charge is 0.481 e. The maximum Gasteiger partial charge on any atom is 0.326 e. The molecule has 133 heavy (non-hydrogen) atoms. The van der Waals surface area contributed by atoms with Crippen molar-refractivity contribution in [2.24, 2.45) is 35.1 Å². The molecule has 15 amide bonds. The predicted octanol–water partition coefficient (Wildman–Crippen LogP) is -3.68. The summed E-state index contributed by atoms with van der Waals surface area (Å²) < 4.78 is 1.27. The van der Waals surface area contributed by atoms with Crippen LogP contribution in [0.15, 0.2) is 43.0 Å². The van der Waals surface area contributed by atoms with E-state index in [9.17, 15) is 127 Å². The Morgan fingerprint density at radius 1 is 0.549 bits per heavy atom. The summed E-state index contributed by atoms with van der Waals surface area (Å²) in [6, 6.07) is -17.6. The molecule has 3 heterocycles. The van der Waals surface area contributed by atoms with Gasteiger partial charge in [-0.1, -0.05) is 114 Å². The molecular weight excluding hydrogens is 1800 g/mol. The van der Waals surface area contributed by atoms with Gasteiger partial charge >= 0.3 is 23.9 Å². The number of benzene rings is 1. The van der Waals surface area contributed by atoms with E-state index >= 15 is 0 Å². The van der Waals surface area contributed by atoms with Gasteiger partial charge in [0.15, 0.2) is 0 Å². The zero-order valence-electron chi connectivity index (χ0n) is 75.9. The number of carbonyl (C=O) groups is 20. The van der Waals surface area contributed by atoms with Gasteiger partial charge in [-0.15, -0.1) is 0 Å². The molecule has 0 bridgehead atoms. The number of nitrogens with two attached hydrogens (primary N) is 2. The molecule has 0 radical (unpaired) electrons. The molecule has 46 nitrogen and oxygen atoms in total. The minimum Gasteiger partial charge on any atom is -0.481 e. The van der Waals surface area contributed by atoms with Crippen LogP contribution in [0.1, 0.15) is 169 Å². The van der Waals surface area contributed by atoms with E-state index in [0.29, 0.717) is 22.9 Å². The Morgan fingerprint density at radius 3 is 1.62 bits per heavy atom. The van der Waals surface area contributed by atoms with Crippen molar-refractivity contribution in [3.63, 3.8) is 0 Å². The minimum atomic E-state index is -1.97. The molecule has 17 atom stereocenters. The third kappa shape index (κ3) is 39.7. The number of aliphatic hydroxyl groups excluding tert-OH is 2. The Kier molecular flexibility index (Phi) is 50.6. The summed E-state index contributed by atoms with van der Waals surface area (Å²) in [6.45, 7) is 11.2. The summed E-state index contributed by atoms with van der Waals surface area (Å²) in [4.78, 5) is 281. The van der Waals surface area contributed by atoms with Crippen molar-refractivity contribution in [3.8, 4) is 0 Å². The summed E-state index contributed by atoms with van der Waals surface area (Å²) >= 11 is 1.23. The fourth-order valence-corrected chi connectivity index (χ4v) is 16.5. The average Bonchev–Trinajstić information content (AvgIpc) is 1.65. The number of imidazole rings is 1. The van der Waals surface area contributed by atoms with Gasteiger partial charge in [-0.2, -0.15) is 11.8 Å². The second kappa shape index (κ2) is 59.2. The third-order valence-corrected chi connectivity index (χ3v) is 24.6.